The molecule has 3 aromatic rings. The van der Waals surface area contributed by atoms with E-state index < -0.39 is 0 Å². The number of aromatic amines is 1. The van der Waals surface area contributed by atoms with Crippen LogP contribution in [0.2, 0.25) is 0 Å². The Hall–Kier alpha value is -3.69. The van der Waals surface area contributed by atoms with Gasteiger partial charge in [0.1, 0.15) is 5.82 Å². The molecular weight excluding hydrogens is 550 g/mol. The van der Waals surface area contributed by atoms with E-state index in [1.54, 1.807) is 0 Å². The first kappa shape index (κ1) is 31.7. The number of benzene rings is 1. The van der Waals surface area contributed by atoms with E-state index in [1.807, 2.05) is 39.1 Å². The van der Waals surface area contributed by atoms with Gasteiger partial charge in [-0.15, -0.1) is 0 Å². The van der Waals surface area contributed by atoms with Crippen molar-refractivity contribution in [2.24, 2.45) is 0 Å². The molecule has 0 unspecified atom stereocenters. The average Bonchev–Trinajstić information content (AvgIpc) is 2.98. The number of H-pyrrole nitrogens is 1. The largest absolute Gasteiger partial charge is 0.368 e. The minimum Gasteiger partial charge on any atom is -0.368 e. The number of rotatable bonds is 8. The topological polar surface area (TPSA) is 96.6 Å². The van der Waals surface area contributed by atoms with Crippen molar-refractivity contribution in [3.63, 3.8) is 0 Å². The molecule has 236 valence electrons. The predicted molar refractivity (Wildman–Crippen MR) is 180 cm³/mol. The maximum atomic E-state index is 13.9. The summed E-state index contributed by atoms with van der Waals surface area (Å²) in [5.41, 5.74) is 6.69. The second-order valence-corrected chi connectivity index (χ2v) is 12.9. The number of nitrogens with zero attached hydrogens (tertiary/aromatic N) is 4. The van der Waals surface area contributed by atoms with E-state index >= 15 is 0 Å². The van der Waals surface area contributed by atoms with Gasteiger partial charge in [-0.1, -0.05) is 0 Å². The fraction of sp³-hybridized carbons (Fsp3) is 0.514. The molecule has 2 aromatic heterocycles. The number of hydrogen-bond donors (Lipinski definition) is 3. The molecule has 9 heteroatoms. The average molecular weight is 600 g/mol. The molecule has 0 aliphatic carbocycles. The number of hydrogen-bond acceptors (Lipinski definition) is 7. The molecule has 2 aliphatic heterocycles. The van der Waals surface area contributed by atoms with Crippen LogP contribution in [-0.2, 0) is 6.54 Å². The molecule has 0 bridgehead atoms. The molecule has 2 aliphatic rings. The zero-order chi connectivity index (χ0) is 31.5. The highest BCUT2D eigenvalue weighted by Crippen LogP contribution is 2.35. The minimum atomic E-state index is -0.185. The van der Waals surface area contributed by atoms with Crippen molar-refractivity contribution >= 4 is 17.4 Å². The quantitative estimate of drug-likeness (QED) is 0.353. The van der Waals surface area contributed by atoms with Crippen molar-refractivity contribution in [1.82, 2.24) is 25.5 Å². The Bertz CT molecular complexity index is 1520. The maximum Gasteiger partial charge on any atom is 0.253 e. The van der Waals surface area contributed by atoms with Crippen LogP contribution >= 0.6 is 0 Å². The summed E-state index contributed by atoms with van der Waals surface area (Å²) in [6.07, 6.45) is 4.02. The lowest BCUT2D eigenvalue weighted by atomic mass is 9.91. The summed E-state index contributed by atoms with van der Waals surface area (Å²) in [4.78, 5) is 41.4. The SMILES string of the molecule is CCN(c1cc(-c2ccc(N3CCN(C)CC3)nc2)cc(C(=O)NCc2c(C)cc(C)[nH]c2=O)c1C)C1C[C@@H](C)N[C@H](C)C1. The molecule has 44 heavy (non-hydrogen) atoms. The zero-order valence-electron chi connectivity index (χ0n) is 27.5. The Labute approximate surface area is 262 Å². The molecule has 9 nitrogen and oxygen atoms in total. The van der Waals surface area contributed by atoms with E-state index in [9.17, 15) is 9.59 Å². The number of piperazine rings is 1. The predicted octanol–water partition coefficient (Wildman–Crippen LogP) is 4.40. The van der Waals surface area contributed by atoms with Gasteiger partial charge in [-0.3, -0.25) is 9.59 Å². The van der Waals surface area contributed by atoms with Crippen molar-refractivity contribution < 1.29 is 4.79 Å². The normalized spacial score (nSPS) is 20.9. The summed E-state index contributed by atoms with van der Waals surface area (Å²) in [6.45, 7) is 17.5. The van der Waals surface area contributed by atoms with E-state index in [2.05, 4.69) is 76.3 Å². The first-order valence-corrected chi connectivity index (χ1v) is 16.1. The second kappa shape index (κ2) is 13.5. The van der Waals surface area contributed by atoms with E-state index in [-0.39, 0.29) is 18.0 Å². The zero-order valence-corrected chi connectivity index (χ0v) is 27.5. The molecule has 2 saturated heterocycles. The highest BCUT2D eigenvalue weighted by atomic mass is 16.1. The Kier molecular flexibility index (Phi) is 9.75. The summed E-state index contributed by atoms with van der Waals surface area (Å²) < 4.78 is 0. The number of nitrogens with one attached hydrogen (secondary N) is 3. The summed E-state index contributed by atoms with van der Waals surface area (Å²) in [6, 6.07) is 11.6. The van der Waals surface area contributed by atoms with Gasteiger partial charge in [0, 0.05) is 91.7 Å². The van der Waals surface area contributed by atoms with Gasteiger partial charge >= 0.3 is 0 Å². The fourth-order valence-corrected chi connectivity index (χ4v) is 6.96. The van der Waals surface area contributed by atoms with Crippen LogP contribution in [-0.4, -0.2) is 78.7 Å². The maximum absolute atomic E-state index is 13.9. The number of piperidine rings is 1. The number of aryl methyl sites for hydroxylation is 2. The van der Waals surface area contributed by atoms with Crippen LogP contribution in [0, 0.1) is 20.8 Å². The second-order valence-electron chi connectivity index (χ2n) is 12.9. The lowest BCUT2D eigenvalue weighted by Gasteiger charge is -2.41. The van der Waals surface area contributed by atoms with Gasteiger partial charge in [-0.05, 0) is 108 Å². The number of aromatic nitrogens is 2. The summed E-state index contributed by atoms with van der Waals surface area (Å²) in [5, 5.41) is 6.72. The molecular formula is C35H49N7O2. The Morgan fingerprint density at radius 2 is 1.73 bits per heavy atom. The molecule has 0 radical (unpaired) electrons. The van der Waals surface area contributed by atoms with E-state index in [4.69, 9.17) is 4.98 Å². The van der Waals surface area contributed by atoms with E-state index in [1.165, 1.54) is 0 Å². The molecule has 3 N–H and O–H groups in total. The third kappa shape index (κ3) is 7.00. The monoisotopic (exact) mass is 599 g/mol. The van der Waals surface area contributed by atoms with E-state index in [0.29, 0.717) is 29.3 Å². The number of likely N-dealkylation sites (N-methyl/N-ethyl adjacent to an activating group) is 1. The van der Waals surface area contributed by atoms with Crippen molar-refractivity contribution in [2.45, 2.75) is 79.1 Å². The first-order chi connectivity index (χ1) is 21.0. The van der Waals surface area contributed by atoms with Gasteiger partial charge in [0.25, 0.3) is 11.5 Å². The standard InChI is InChI=1S/C35H49N7O2/c1-8-42(29-16-24(4)38-25(5)17-29)32-19-28(27-9-10-33(36-20-27)41-13-11-40(7)12-14-41)18-30(26(32)6)34(43)37-21-31-22(2)15-23(3)39-35(31)44/h9-10,15,18-20,24-25,29,38H,8,11-14,16-17,21H2,1-7H3,(H,37,43)(H,39,44)/t24-,25-/m1/s1. The molecule has 1 aromatic carbocycles. The number of carbonyl (C=O) groups is 1. The number of anilines is 2. The van der Waals surface area contributed by atoms with Crippen molar-refractivity contribution in [3.8, 4) is 11.1 Å². The number of amides is 1. The molecule has 2 fully saturated rings. The highest BCUT2D eigenvalue weighted by molar-refractivity contribution is 5.99. The van der Waals surface area contributed by atoms with Crippen LogP contribution in [0.25, 0.3) is 11.1 Å². The van der Waals surface area contributed by atoms with Crippen molar-refractivity contribution in [3.05, 3.63) is 74.8 Å². The van der Waals surface area contributed by atoms with Crippen LogP contribution in [0.4, 0.5) is 11.5 Å². The van der Waals surface area contributed by atoms with Crippen LogP contribution in [0.3, 0.4) is 0 Å². The fourth-order valence-electron chi connectivity index (χ4n) is 6.96. The molecule has 1 amide bonds. The summed E-state index contributed by atoms with van der Waals surface area (Å²) in [7, 11) is 2.15. The third-order valence-corrected chi connectivity index (χ3v) is 9.36. The van der Waals surface area contributed by atoms with Crippen LogP contribution in [0.1, 0.15) is 66.4 Å². The van der Waals surface area contributed by atoms with Crippen LogP contribution in [0.15, 0.2) is 41.3 Å². The van der Waals surface area contributed by atoms with Gasteiger partial charge in [0.15, 0.2) is 0 Å². The van der Waals surface area contributed by atoms with E-state index in [0.717, 1.165) is 85.0 Å². The molecule has 2 atom stereocenters. The lowest BCUT2D eigenvalue weighted by Crippen LogP contribution is -2.51. The van der Waals surface area contributed by atoms with Crippen LogP contribution in [0.5, 0.6) is 0 Å². The van der Waals surface area contributed by atoms with Gasteiger partial charge in [0.2, 0.25) is 0 Å². The Morgan fingerprint density at radius 3 is 2.34 bits per heavy atom. The molecule has 0 spiro atoms. The third-order valence-electron chi connectivity index (χ3n) is 9.36. The van der Waals surface area contributed by atoms with Crippen LogP contribution < -0.4 is 26.0 Å². The summed E-state index contributed by atoms with van der Waals surface area (Å²) >= 11 is 0. The highest BCUT2D eigenvalue weighted by Gasteiger charge is 2.29. The van der Waals surface area contributed by atoms with Crippen molar-refractivity contribution in [2.75, 3.05) is 49.6 Å². The Balaban J connectivity index is 1.50. The minimum absolute atomic E-state index is 0.160. The Morgan fingerprint density at radius 1 is 1.02 bits per heavy atom. The number of pyridine rings is 2. The van der Waals surface area contributed by atoms with Gasteiger partial charge in [-0.25, -0.2) is 4.98 Å². The molecule has 4 heterocycles. The van der Waals surface area contributed by atoms with Crippen molar-refractivity contribution in [1.29, 1.82) is 0 Å². The van der Waals surface area contributed by atoms with Gasteiger partial charge < -0.3 is 30.3 Å². The first-order valence-electron chi connectivity index (χ1n) is 16.1. The van der Waals surface area contributed by atoms with Gasteiger partial charge in [0.05, 0.1) is 0 Å². The molecule has 0 saturated carbocycles. The smallest absolute Gasteiger partial charge is 0.253 e. The summed E-state index contributed by atoms with van der Waals surface area (Å²) in [5.74, 6) is 0.800. The number of carbonyl (C=O) groups excluding carboxylic acids is 1. The van der Waals surface area contributed by atoms with Gasteiger partial charge in [-0.2, -0.15) is 0 Å². The lowest BCUT2D eigenvalue weighted by molar-refractivity contribution is 0.0950. The molecule has 5 rings (SSSR count).